The Morgan fingerprint density at radius 2 is 1.35 bits per heavy atom. The summed E-state index contributed by atoms with van der Waals surface area (Å²) in [5, 5.41) is 8.29. The minimum atomic E-state index is -7.16. The van der Waals surface area contributed by atoms with Gasteiger partial charge in [0.1, 0.15) is 5.60 Å². The van der Waals surface area contributed by atoms with Gasteiger partial charge in [0.15, 0.2) is 0 Å². The number of ether oxygens (including phenoxy) is 2. The minimum Gasteiger partial charge on any atom is -0.397 e. The lowest BCUT2D eigenvalue weighted by Gasteiger charge is -2.43. The third-order valence-corrected chi connectivity index (χ3v) is 3.35. The monoisotopic (exact) mass is 409 g/mol. The van der Waals surface area contributed by atoms with Crippen LogP contribution >= 0.6 is 0 Å². The van der Waals surface area contributed by atoms with Crippen LogP contribution in [0.3, 0.4) is 0 Å². The van der Waals surface area contributed by atoms with Crippen LogP contribution in [0, 0.1) is 11.3 Å². The molecule has 26 heavy (non-hydrogen) atoms. The molecule has 0 rings (SSSR count). The topological polar surface area (TPSA) is 42.2 Å². The van der Waals surface area contributed by atoms with Crippen molar-refractivity contribution in [2.75, 3.05) is 7.11 Å². The van der Waals surface area contributed by atoms with Crippen molar-refractivity contribution in [1.82, 2.24) is 0 Å². The largest absolute Gasteiger partial charge is 0.472 e. The van der Waals surface area contributed by atoms with Gasteiger partial charge in [-0.15, -0.1) is 0 Å². The lowest BCUT2D eigenvalue weighted by Crippen LogP contribution is -2.69. The van der Waals surface area contributed by atoms with Crippen LogP contribution in [-0.4, -0.2) is 36.6 Å². The van der Waals surface area contributed by atoms with E-state index in [-0.39, 0.29) is 6.92 Å². The van der Waals surface area contributed by atoms with E-state index in [9.17, 15) is 48.3 Å². The summed E-state index contributed by atoms with van der Waals surface area (Å²) in [5.41, 5.74) is -3.55. The average molecular weight is 409 g/mol. The zero-order valence-electron chi connectivity index (χ0n) is 12.8. The zero-order chi connectivity index (χ0) is 21.2. The van der Waals surface area contributed by atoms with E-state index in [4.69, 9.17) is 5.26 Å². The number of nitriles is 1. The van der Waals surface area contributed by atoms with Gasteiger partial charge in [-0.3, -0.25) is 0 Å². The summed E-state index contributed by atoms with van der Waals surface area (Å²) in [6, 6.07) is -2.43. The molecule has 0 aromatic rings. The van der Waals surface area contributed by atoms with Crippen molar-refractivity contribution in [2.24, 2.45) is 0 Å². The Hall–Kier alpha value is -1.78. The predicted octanol–water partition coefficient (Wildman–Crippen LogP) is 5.25. The van der Waals surface area contributed by atoms with Gasteiger partial charge in [0, 0.05) is 13.5 Å². The molecule has 0 saturated carbocycles. The van der Waals surface area contributed by atoms with Crippen LogP contribution in [0.15, 0.2) is 12.1 Å². The first kappa shape index (κ1) is 24.2. The molecule has 14 heteroatoms. The highest BCUT2D eigenvalue weighted by atomic mass is 19.4. The van der Waals surface area contributed by atoms with Crippen LogP contribution in [0.4, 0.5) is 48.3 Å². The van der Waals surface area contributed by atoms with Gasteiger partial charge in [0.25, 0.3) is 0 Å². The Balaban J connectivity index is 6.16. The van der Waals surface area contributed by atoms with E-state index in [1.54, 1.807) is 0 Å². The van der Waals surface area contributed by atoms with Gasteiger partial charge in [0.05, 0.1) is 6.07 Å². The van der Waals surface area contributed by atoms with Crippen molar-refractivity contribution in [3.63, 3.8) is 0 Å². The summed E-state index contributed by atoms with van der Waals surface area (Å²) >= 11 is 0. The molecule has 1 unspecified atom stereocenters. The highest BCUT2D eigenvalue weighted by molar-refractivity contribution is 5.09. The molecule has 0 fully saturated rings. The van der Waals surface area contributed by atoms with Crippen LogP contribution in [0.2, 0.25) is 0 Å². The Bertz CT molecular complexity index is 580. The summed E-state index contributed by atoms with van der Waals surface area (Å²) in [6.45, 7) is 0.134. The van der Waals surface area contributed by atoms with E-state index < -0.39 is 54.4 Å². The van der Waals surface area contributed by atoms with E-state index in [2.05, 4.69) is 9.47 Å². The van der Waals surface area contributed by atoms with Gasteiger partial charge in [-0.2, -0.15) is 53.6 Å². The molecule has 1 atom stereocenters. The van der Waals surface area contributed by atoms with E-state index in [0.29, 0.717) is 7.11 Å². The van der Waals surface area contributed by atoms with Gasteiger partial charge in [-0.05, 0) is 13.3 Å². The number of hydrogen-bond donors (Lipinski definition) is 0. The maximum atomic E-state index is 14.0. The van der Waals surface area contributed by atoms with Crippen LogP contribution in [0.25, 0.3) is 0 Å². The predicted molar refractivity (Wildman–Crippen MR) is 61.5 cm³/mol. The fourth-order valence-corrected chi connectivity index (χ4v) is 1.61. The first-order valence-corrected chi connectivity index (χ1v) is 6.28. The molecule has 0 aromatic carbocycles. The number of hydrogen-bond acceptors (Lipinski definition) is 3. The number of rotatable bonds is 9. The molecular formula is C12H10F11NO2. The molecule has 0 aliphatic carbocycles. The third-order valence-electron chi connectivity index (χ3n) is 3.35. The maximum absolute atomic E-state index is 14.0. The maximum Gasteiger partial charge on any atom is 0.472 e. The highest BCUT2D eigenvalue weighted by Gasteiger charge is 2.85. The standard InChI is InChI=1S/C12H10F11NO2/c1-8(25-2,4-3-5-24)9(16,17)10(18,19)11(20,21)12(22,23)26-7(15)6(13)14/h3-4H2,1-2H3. The molecule has 0 N–H and O–H groups in total. The second kappa shape index (κ2) is 7.45. The molecule has 3 nitrogen and oxygen atoms in total. The van der Waals surface area contributed by atoms with Crippen molar-refractivity contribution < 1.29 is 57.8 Å². The Morgan fingerprint density at radius 3 is 1.69 bits per heavy atom. The molecule has 0 heterocycles. The SMILES string of the molecule is COC(C)(CCC#N)C(F)(F)C(F)(F)C(F)(F)C(F)(F)OC(F)=C(F)F. The van der Waals surface area contributed by atoms with Gasteiger partial charge < -0.3 is 9.47 Å². The fraction of sp³-hybridized carbons (Fsp3) is 0.750. The lowest BCUT2D eigenvalue weighted by molar-refractivity contribution is -0.438. The number of alkyl halides is 8. The quantitative estimate of drug-likeness (QED) is 0.386. The van der Waals surface area contributed by atoms with Gasteiger partial charge in [-0.1, -0.05) is 0 Å². The summed E-state index contributed by atoms with van der Waals surface area (Å²) in [4.78, 5) is 0. The van der Waals surface area contributed by atoms with Crippen LogP contribution in [-0.2, 0) is 9.47 Å². The molecule has 0 radical (unpaired) electrons. The molecule has 0 bridgehead atoms. The number of methoxy groups -OCH3 is 1. The lowest BCUT2D eigenvalue weighted by atomic mass is 9.85. The van der Waals surface area contributed by atoms with E-state index >= 15 is 0 Å². The summed E-state index contributed by atoms with van der Waals surface area (Å²) in [6.07, 6.45) is -12.7. The van der Waals surface area contributed by atoms with Crippen molar-refractivity contribution in [2.45, 2.75) is 49.2 Å². The Morgan fingerprint density at radius 1 is 0.885 bits per heavy atom. The molecule has 0 aromatic heterocycles. The summed E-state index contributed by atoms with van der Waals surface area (Å²) in [7, 11) is 0.356. The number of halogens is 11. The summed E-state index contributed by atoms with van der Waals surface area (Å²) < 4.78 is 150. The van der Waals surface area contributed by atoms with Crippen molar-refractivity contribution in [3.05, 3.63) is 12.1 Å². The molecule has 0 aliphatic rings. The van der Waals surface area contributed by atoms with Crippen LogP contribution in [0.5, 0.6) is 0 Å². The van der Waals surface area contributed by atoms with E-state index in [1.807, 2.05) is 0 Å². The highest BCUT2D eigenvalue weighted by Crippen LogP contribution is 2.57. The first-order valence-electron chi connectivity index (χ1n) is 6.28. The fourth-order valence-electron chi connectivity index (χ4n) is 1.61. The molecule has 0 aliphatic heterocycles. The number of nitrogens with zero attached hydrogens (tertiary/aromatic N) is 1. The molecular weight excluding hydrogens is 399 g/mol. The molecule has 0 amide bonds. The van der Waals surface area contributed by atoms with Crippen molar-refractivity contribution >= 4 is 0 Å². The normalized spacial score (nSPS) is 15.8. The second-order valence-corrected chi connectivity index (χ2v) is 4.97. The van der Waals surface area contributed by atoms with Gasteiger partial charge >= 0.3 is 36.0 Å². The summed E-state index contributed by atoms with van der Waals surface area (Å²) in [5.74, 6) is -20.2. The minimum absolute atomic E-state index is 0.134. The molecule has 152 valence electrons. The van der Waals surface area contributed by atoms with Crippen LogP contribution < -0.4 is 0 Å². The third kappa shape index (κ3) is 3.81. The van der Waals surface area contributed by atoms with Crippen molar-refractivity contribution in [3.8, 4) is 6.07 Å². The Kier molecular flexibility index (Phi) is 6.94. The Labute approximate surface area is 139 Å². The van der Waals surface area contributed by atoms with E-state index in [1.165, 1.54) is 6.07 Å². The van der Waals surface area contributed by atoms with Crippen molar-refractivity contribution in [1.29, 1.82) is 5.26 Å². The molecule has 0 saturated heterocycles. The van der Waals surface area contributed by atoms with Gasteiger partial charge in [0.2, 0.25) is 0 Å². The smallest absolute Gasteiger partial charge is 0.397 e. The second-order valence-electron chi connectivity index (χ2n) is 4.97. The average Bonchev–Trinajstić information content (AvgIpc) is 2.51. The first-order chi connectivity index (χ1) is 11.4. The molecule has 0 spiro atoms. The zero-order valence-corrected chi connectivity index (χ0v) is 12.8. The van der Waals surface area contributed by atoms with E-state index in [0.717, 1.165) is 0 Å². The van der Waals surface area contributed by atoms with Gasteiger partial charge in [-0.25, -0.2) is 0 Å². The van der Waals surface area contributed by atoms with Crippen LogP contribution in [0.1, 0.15) is 19.8 Å².